The molecule has 0 unspecified atom stereocenters. The number of aromatic nitrogens is 2. The largest absolute Gasteiger partial charge is 0.494 e. The zero-order chi connectivity index (χ0) is 13.8. The minimum Gasteiger partial charge on any atom is -0.494 e. The van der Waals surface area contributed by atoms with Crippen LogP contribution in [0.3, 0.4) is 0 Å². The van der Waals surface area contributed by atoms with Gasteiger partial charge in [0.1, 0.15) is 5.75 Å². The smallest absolute Gasteiger partial charge is 0.146 e. The second-order valence-electron chi connectivity index (χ2n) is 4.36. The monoisotopic (exact) mass is 282 g/mol. The van der Waals surface area contributed by atoms with Crippen molar-refractivity contribution in [1.29, 1.82) is 0 Å². The molecule has 0 aliphatic rings. The third-order valence-electron chi connectivity index (χ3n) is 3.03. The van der Waals surface area contributed by atoms with E-state index in [2.05, 4.69) is 34.6 Å². The van der Waals surface area contributed by atoms with E-state index in [0.717, 1.165) is 28.4 Å². The van der Waals surface area contributed by atoms with Crippen molar-refractivity contribution in [2.45, 2.75) is 6.42 Å². The molecule has 20 heavy (non-hydrogen) atoms. The molecule has 3 aromatic rings. The molecule has 100 valence electrons. The van der Waals surface area contributed by atoms with Crippen molar-refractivity contribution in [3.63, 3.8) is 0 Å². The Kier molecular flexibility index (Phi) is 3.74. The maximum absolute atomic E-state index is 5.33. The van der Waals surface area contributed by atoms with Crippen LogP contribution in [0.5, 0.6) is 5.75 Å². The van der Waals surface area contributed by atoms with Gasteiger partial charge in [-0.1, -0.05) is 30.3 Å². The summed E-state index contributed by atoms with van der Waals surface area (Å²) in [5, 5.41) is 3.17. The summed E-state index contributed by atoms with van der Waals surface area (Å²) in [7, 11) is 1.65. The second kappa shape index (κ2) is 5.84. The maximum atomic E-state index is 5.33. The molecule has 0 fully saturated rings. The lowest BCUT2D eigenvalue weighted by molar-refractivity contribution is 0.414. The number of hydrogen-bond donors (Lipinski definition) is 0. The van der Waals surface area contributed by atoms with Gasteiger partial charge in [-0.05, 0) is 11.6 Å². The van der Waals surface area contributed by atoms with Gasteiger partial charge in [0.2, 0.25) is 0 Å². The molecule has 0 spiro atoms. The van der Waals surface area contributed by atoms with Crippen LogP contribution < -0.4 is 4.74 Å². The number of nitrogens with zero attached hydrogens (tertiary/aromatic N) is 2. The Morgan fingerprint density at radius 3 is 2.80 bits per heavy atom. The summed E-state index contributed by atoms with van der Waals surface area (Å²) in [5.41, 5.74) is 3.20. The summed E-state index contributed by atoms with van der Waals surface area (Å²) in [5.74, 6) is 0.754. The molecule has 3 rings (SSSR count). The molecule has 3 nitrogen and oxygen atoms in total. The second-order valence-corrected chi connectivity index (χ2v) is 5.31. The van der Waals surface area contributed by atoms with Gasteiger partial charge in [-0.2, -0.15) is 0 Å². The molecular weight excluding hydrogens is 268 g/mol. The highest BCUT2D eigenvalue weighted by Gasteiger charge is 2.10. The van der Waals surface area contributed by atoms with Gasteiger partial charge >= 0.3 is 0 Å². The first-order chi connectivity index (χ1) is 9.86. The third-order valence-corrected chi connectivity index (χ3v) is 3.88. The van der Waals surface area contributed by atoms with Gasteiger partial charge in [-0.3, -0.25) is 4.98 Å². The highest BCUT2D eigenvalue weighted by atomic mass is 32.1. The lowest BCUT2D eigenvalue weighted by Gasteiger charge is -2.04. The first-order valence-electron chi connectivity index (χ1n) is 6.33. The lowest BCUT2D eigenvalue weighted by atomic mass is 10.1. The molecule has 4 heteroatoms. The molecule has 2 heterocycles. The number of rotatable bonds is 4. The van der Waals surface area contributed by atoms with Crippen molar-refractivity contribution >= 4 is 11.3 Å². The summed E-state index contributed by atoms with van der Waals surface area (Å²) in [6.45, 7) is 0. The topological polar surface area (TPSA) is 35.0 Å². The molecule has 0 N–H and O–H groups in total. The van der Waals surface area contributed by atoms with Crippen LogP contribution in [0.15, 0.2) is 54.2 Å². The van der Waals surface area contributed by atoms with Gasteiger partial charge in [0.05, 0.1) is 24.0 Å². The Balaban J connectivity index is 1.87. The maximum Gasteiger partial charge on any atom is 0.146 e. The molecule has 1 aromatic carbocycles. The van der Waals surface area contributed by atoms with Crippen LogP contribution >= 0.6 is 11.3 Å². The summed E-state index contributed by atoms with van der Waals surface area (Å²) in [6, 6.07) is 12.3. The highest BCUT2D eigenvalue weighted by molar-refractivity contribution is 7.10. The van der Waals surface area contributed by atoms with Gasteiger partial charge in [-0.15, -0.1) is 11.3 Å². The number of thiazole rings is 1. The molecule has 0 radical (unpaired) electrons. The number of ether oxygens (including phenoxy) is 1. The van der Waals surface area contributed by atoms with E-state index in [1.54, 1.807) is 30.8 Å². The standard InChI is InChI=1S/C16H14N2OS/c1-19-15-10-17-8-7-13(15)14-11-20-16(18-14)9-12-5-3-2-4-6-12/h2-8,10-11H,9H2,1H3. The number of hydrogen-bond acceptors (Lipinski definition) is 4. The van der Waals surface area contributed by atoms with Gasteiger partial charge in [0.25, 0.3) is 0 Å². The molecule has 0 bridgehead atoms. The van der Waals surface area contributed by atoms with E-state index in [1.165, 1.54) is 5.56 Å². The van der Waals surface area contributed by atoms with E-state index in [9.17, 15) is 0 Å². The molecular formula is C16H14N2OS. The van der Waals surface area contributed by atoms with Crippen LogP contribution in [0.25, 0.3) is 11.3 Å². The van der Waals surface area contributed by atoms with Crippen molar-refractivity contribution in [1.82, 2.24) is 9.97 Å². The number of methoxy groups -OCH3 is 1. The van der Waals surface area contributed by atoms with E-state index in [1.807, 2.05) is 12.1 Å². The van der Waals surface area contributed by atoms with Crippen LogP contribution in [-0.2, 0) is 6.42 Å². The zero-order valence-electron chi connectivity index (χ0n) is 11.1. The molecule has 0 saturated heterocycles. The van der Waals surface area contributed by atoms with Crippen LogP contribution in [0.2, 0.25) is 0 Å². The van der Waals surface area contributed by atoms with Crippen molar-refractivity contribution in [3.05, 3.63) is 64.7 Å². The average molecular weight is 282 g/mol. The number of pyridine rings is 1. The van der Waals surface area contributed by atoms with Gasteiger partial charge in [0.15, 0.2) is 0 Å². The fourth-order valence-corrected chi connectivity index (χ4v) is 2.87. The summed E-state index contributed by atoms with van der Waals surface area (Å²) >= 11 is 1.67. The van der Waals surface area contributed by atoms with E-state index in [-0.39, 0.29) is 0 Å². The van der Waals surface area contributed by atoms with Crippen LogP contribution in [0, 0.1) is 0 Å². The highest BCUT2D eigenvalue weighted by Crippen LogP contribution is 2.30. The molecule has 0 atom stereocenters. The van der Waals surface area contributed by atoms with Crippen LogP contribution in [0.4, 0.5) is 0 Å². The normalized spacial score (nSPS) is 10.4. The van der Waals surface area contributed by atoms with Crippen LogP contribution in [0.1, 0.15) is 10.6 Å². The predicted molar refractivity (Wildman–Crippen MR) is 81.1 cm³/mol. The summed E-state index contributed by atoms with van der Waals surface area (Å²) in [4.78, 5) is 8.76. The minimum atomic E-state index is 0.754. The zero-order valence-corrected chi connectivity index (χ0v) is 11.9. The average Bonchev–Trinajstić information content (AvgIpc) is 2.96. The van der Waals surface area contributed by atoms with Crippen LogP contribution in [-0.4, -0.2) is 17.1 Å². The van der Waals surface area contributed by atoms with E-state index >= 15 is 0 Å². The molecule has 0 saturated carbocycles. The van der Waals surface area contributed by atoms with E-state index in [0.29, 0.717) is 0 Å². The minimum absolute atomic E-state index is 0.754. The van der Waals surface area contributed by atoms with E-state index < -0.39 is 0 Å². The predicted octanol–water partition coefficient (Wildman–Crippen LogP) is 3.80. The summed E-state index contributed by atoms with van der Waals surface area (Å²) < 4.78 is 5.33. The van der Waals surface area contributed by atoms with Gasteiger partial charge < -0.3 is 4.74 Å². The first-order valence-corrected chi connectivity index (χ1v) is 7.21. The SMILES string of the molecule is COc1cnccc1-c1csc(Cc2ccccc2)n1. The molecule has 0 amide bonds. The Morgan fingerprint density at radius 1 is 1.15 bits per heavy atom. The molecule has 0 aliphatic heterocycles. The molecule has 2 aromatic heterocycles. The third kappa shape index (κ3) is 2.70. The Labute approximate surface area is 121 Å². The van der Waals surface area contributed by atoms with Crippen molar-refractivity contribution in [2.75, 3.05) is 7.11 Å². The quantitative estimate of drug-likeness (QED) is 0.730. The Morgan fingerprint density at radius 2 is 2.00 bits per heavy atom. The Bertz CT molecular complexity index is 694. The van der Waals surface area contributed by atoms with Crippen molar-refractivity contribution in [2.24, 2.45) is 0 Å². The summed E-state index contributed by atoms with van der Waals surface area (Å²) in [6.07, 6.45) is 4.33. The fraction of sp³-hybridized carbons (Fsp3) is 0.125. The molecule has 0 aliphatic carbocycles. The fourth-order valence-electron chi connectivity index (χ4n) is 2.04. The van der Waals surface area contributed by atoms with Crippen molar-refractivity contribution < 1.29 is 4.74 Å². The first kappa shape index (κ1) is 12.8. The van der Waals surface area contributed by atoms with Crippen molar-refractivity contribution in [3.8, 4) is 17.0 Å². The van der Waals surface area contributed by atoms with Gasteiger partial charge in [-0.25, -0.2) is 4.98 Å². The Hall–Kier alpha value is -2.20. The number of benzene rings is 1. The van der Waals surface area contributed by atoms with E-state index in [4.69, 9.17) is 9.72 Å². The lowest BCUT2D eigenvalue weighted by Crippen LogP contribution is -1.90. The van der Waals surface area contributed by atoms with Gasteiger partial charge in [0, 0.05) is 23.6 Å².